The van der Waals surface area contributed by atoms with E-state index in [9.17, 15) is 4.79 Å². The van der Waals surface area contributed by atoms with Gasteiger partial charge in [0.1, 0.15) is 23.0 Å². The molecule has 0 fully saturated rings. The van der Waals surface area contributed by atoms with E-state index in [-0.39, 0.29) is 18.0 Å². The molecule has 0 aliphatic carbocycles. The third kappa shape index (κ3) is 3.19. The Hall–Kier alpha value is -3.36. The van der Waals surface area contributed by atoms with Gasteiger partial charge < -0.3 is 20.2 Å². The van der Waals surface area contributed by atoms with Crippen molar-refractivity contribution in [3.8, 4) is 5.82 Å². The lowest BCUT2D eigenvalue weighted by molar-refractivity contribution is 0.0527. The molecule has 0 saturated heterocycles. The molecule has 3 aromatic rings. The van der Waals surface area contributed by atoms with Crippen LogP contribution in [0.25, 0.3) is 5.82 Å². The van der Waals surface area contributed by atoms with Crippen molar-refractivity contribution in [2.45, 2.75) is 13.5 Å². The molecule has 124 valence electrons. The molecule has 0 unspecified atom stereocenters. The van der Waals surface area contributed by atoms with Crippen molar-refractivity contribution in [3.05, 3.63) is 48.0 Å². The van der Waals surface area contributed by atoms with E-state index in [0.29, 0.717) is 18.2 Å². The third-order valence-electron chi connectivity index (χ3n) is 3.19. The van der Waals surface area contributed by atoms with Gasteiger partial charge in [0.25, 0.3) is 0 Å². The zero-order chi connectivity index (χ0) is 16.9. The highest BCUT2D eigenvalue weighted by Gasteiger charge is 2.17. The van der Waals surface area contributed by atoms with Crippen molar-refractivity contribution >= 4 is 17.6 Å². The summed E-state index contributed by atoms with van der Waals surface area (Å²) in [7, 11) is 0. The number of aromatic nitrogens is 4. The second kappa shape index (κ2) is 6.82. The molecule has 0 spiro atoms. The Kier molecular flexibility index (Phi) is 4.41. The molecule has 3 rings (SSSR count). The van der Waals surface area contributed by atoms with Crippen molar-refractivity contribution in [2.75, 3.05) is 17.7 Å². The second-order valence-corrected chi connectivity index (χ2v) is 4.79. The Morgan fingerprint density at radius 1 is 1.38 bits per heavy atom. The molecule has 3 heterocycles. The van der Waals surface area contributed by atoms with Crippen molar-refractivity contribution in [1.29, 1.82) is 0 Å². The molecule has 0 aliphatic heterocycles. The Bertz CT molecular complexity index is 810. The summed E-state index contributed by atoms with van der Waals surface area (Å²) in [5, 5.41) is 15.2. The first kappa shape index (κ1) is 15.5. The smallest absolute Gasteiger partial charge is 0.343 e. The lowest BCUT2D eigenvalue weighted by Crippen LogP contribution is -2.10. The molecule has 3 aromatic heterocycles. The first-order valence-corrected chi connectivity index (χ1v) is 7.30. The van der Waals surface area contributed by atoms with Crippen molar-refractivity contribution in [2.24, 2.45) is 0 Å². The molecule has 9 heteroatoms. The molecule has 9 nitrogen and oxygen atoms in total. The zero-order valence-corrected chi connectivity index (χ0v) is 13.0. The molecule has 0 atom stereocenters. The van der Waals surface area contributed by atoms with Gasteiger partial charge in [0, 0.05) is 0 Å². The van der Waals surface area contributed by atoms with E-state index >= 15 is 0 Å². The summed E-state index contributed by atoms with van der Waals surface area (Å²) >= 11 is 0. The monoisotopic (exact) mass is 328 g/mol. The largest absolute Gasteiger partial charge is 0.467 e. The summed E-state index contributed by atoms with van der Waals surface area (Å²) in [6, 6.07) is 7.09. The number of ether oxygens (including phenoxy) is 1. The summed E-state index contributed by atoms with van der Waals surface area (Å²) in [6.07, 6.45) is 2.95. The molecule has 3 N–H and O–H groups in total. The fourth-order valence-corrected chi connectivity index (χ4v) is 2.03. The van der Waals surface area contributed by atoms with Gasteiger partial charge in [0.05, 0.1) is 25.6 Å². The Morgan fingerprint density at radius 2 is 2.25 bits per heavy atom. The highest BCUT2D eigenvalue weighted by atomic mass is 16.5. The lowest BCUT2D eigenvalue weighted by atomic mass is 10.3. The number of nitrogens with two attached hydrogens (primary N) is 1. The van der Waals surface area contributed by atoms with E-state index in [1.165, 1.54) is 10.9 Å². The number of rotatable bonds is 6. The summed E-state index contributed by atoms with van der Waals surface area (Å²) in [6.45, 7) is 2.48. The predicted octanol–water partition coefficient (Wildman–Crippen LogP) is 1.63. The Balaban J connectivity index is 1.72. The second-order valence-electron chi connectivity index (χ2n) is 4.79. The van der Waals surface area contributed by atoms with Crippen LogP contribution in [0.15, 0.2) is 41.1 Å². The number of nitrogens with zero attached hydrogens (tertiary/aromatic N) is 4. The lowest BCUT2D eigenvalue weighted by Gasteiger charge is -2.06. The van der Waals surface area contributed by atoms with Crippen molar-refractivity contribution in [1.82, 2.24) is 20.0 Å². The standard InChI is InChI=1S/C15H16N6O3/c1-2-23-15(22)11-9-18-21(14(11)16)13-6-5-12(19-20-13)17-8-10-4-3-7-24-10/h3-7,9H,2,8,16H2,1H3,(H,17,19). The van der Waals surface area contributed by atoms with E-state index in [2.05, 4.69) is 20.6 Å². The minimum Gasteiger partial charge on any atom is -0.467 e. The first-order chi connectivity index (χ1) is 11.7. The molecular weight excluding hydrogens is 312 g/mol. The fourth-order valence-electron chi connectivity index (χ4n) is 2.03. The normalized spacial score (nSPS) is 10.5. The van der Waals surface area contributed by atoms with Crippen LogP contribution >= 0.6 is 0 Å². The highest BCUT2D eigenvalue weighted by Crippen LogP contribution is 2.17. The maximum Gasteiger partial charge on any atom is 0.343 e. The number of furan rings is 1. The molecule has 0 amide bonds. The number of hydrogen-bond donors (Lipinski definition) is 2. The summed E-state index contributed by atoms with van der Waals surface area (Å²) in [4.78, 5) is 11.8. The molecule has 0 radical (unpaired) electrons. The van der Waals surface area contributed by atoms with Crippen LogP contribution in [0.4, 0.5) is 11.6 Å². The van der Waals surface area contributed by atoms with Crippen molar-refractivity contribution < 1.29 is 13.9 Å². The molecule has 0 aromatic carbocycles. The highest BCUT2D eigenvalue weighted by molar-refractivity contribution is 5.94. The number of carbonyl (C=O) groups excluding carboxylic acids is 1. The number of carbonyl (C=O) groups is 1. The molecule has 0 aliphatic rings. The van der Waals surface area contributed by atoms with E-state index < -0.39 is 5.97 Å². The average Bonchev–Trinajstić information content (AvgIpc) is 3.23. The van der Waals surface area contributed by atoms with Gasteiger partial charge in [-0.3, -0.25) is 0 Å². The molecule has 0 saturated carbocycles. The third-order valence-corrected chi connectivity index (χ3v) is 3.19. The minimum atomic E-state index is -0.522. The summed E-state index contributed by atoms with van der Waals surface area (Å²) in [5.74, 6) is 1.39. The number of anilines is 2. The van der Waals surface area contributed by atoms with Gasteiger partial charge >= 0.3 is 5.97 Å². The number of hydrogen-bond acceptors (Lipinski definition) is 8. The summed E-state index contributed by atoms with van der Waals surface area (Å²) in [5.41, 5.74) is 6.12. The minimum absolute atomic E-state index is 0.152. The Morgan fingerprint density at radius 3 is 2.92 bits per heavy atom. The zero-order valence-electron chi connectivity index (χ0n) is 13.0. The molecule has 24 heavy (non-hydrogen) atoms. The van der Waals surface area contributed by atoms with Gasteiger partial charge in [0.15, 0.2) is 5.82 Å². The SMILES string of the molecule is CCOC(=O)c1cnn(-c2ccc(NCc3ccco3)nn2)c1N. The van der Waals surface area contributed by atoms with Crippen LogP contribution in [0.2, 0.25) is 0 Å². The number of nitrogens with one attached hydrogen (secondary N) is 1. The van der Waals surface area contributed by atoms with Crippen LogP contribution in [-0.4, -0.2) is 32.6 Å². The predicted molar refractivity (Wildman–Crippen MR) is 85.6 cm³/mol. The fraction of sp³-hybridized carbons (Fsp3) is 0.200. The first-order valence-electron chi connectivity index (χ1n) is 7.30. The van der Waals surface area contributed by atoms with Gasteiger partial charge in [0.2, 0.25) is 0 Å². The van der Waals surface area contributed by atoms with Crippen LogP contribution in [-0.2, 0) is 11.3 Å². The van der Waals surface area contributed by atoms with Gasteiger partial charge in [-0.1, -0.05) is 0 Å². The van der Waals surface area contributed by atoms with Gasteiger partial charge in [-0.25, -0.2) is 4.79 Å². The number of esters is 1. The average molecular weight is 328 g/mol. The van der Waals surface area contributed by atoms with Gasteiger partial charge in [-0.15, -0.1) is 10.2 Å². The summed E-state index contributed by atoms with van der Waals surface area (Å²) < 4.78 is 11.5. The van der Waals surface area contributed by atoms with Gasteiger partial charge in [-0.05, 0) is 31.2 Å². The van der Waals surface area contributed by atoms with Crippen molar-refractivity contribution in [3.63, 3.8) is 0 Å². The van der Waals surface area contributed by atoms with E-state index in [1.807, 2.05) is 12.1 Å². The number of nitrogen functional groups attached to an aromatic ring is 1. The van der Waals surface area contributed by atoms with Gasteiger partial charge in [-0.2, -0.15) is 9.78 Å². The van der Waals surface area contributed by atoms with E-state index in [1.54, 1.807) is 25.3 Å². The Labute approximate surface area is 137 Å². The van der Waals surface area contributed by atoms with Crippen LogP contribution in [0.5, 0.6) is 0 Å². The topological polar surface area (TPSA) is 121 Å². The van der Waals surface area contributed by atoms with Crippen LogP contribution < -0.4 is 11.1 Å². The quantitative estimate of drug-likeness (QED) is 0.655. The van der Waals surface area contributed by atoms with Crippen LogP contribution in [0.3, 0.4) is 0 Å². The van der Waals surface area contributed by atoms with Crippen LogP contribution in [0, 0.1) is 0 Å². The maximum atomic E-state index is 11.8. The van der Waals surface area contributed by atoms with E-state index in [4.69, 9.17) is 14.9 Å². The molecule has 0 bridgehead atoms. The van der Waals surface area contributed by atoms with Crippen LogP contribution in [0.1, 0.15) is 23.0 Å². The maximum absolute atomic E-state index is 11.8. The van der Waals surface area contributed by atoms with E-state index in [0.717, 1.165) is 5.76 Å². The molecular formula is C15H16N6O3.